The van der Waals surface area contributed by atoms with Gasteiger partial charge >= 0.3 is 0 Å². The highest BCUT2D eigenvalue weighted by Gasteiger charge is 2.17. The summed E-state index contributed by atoms with van der Waals surface area (Å²) in [5.41, 5.74) is 0.527. The van der Waals surface area contributed by atoms with Crippen molar-refractivity contribution >= 4 is 17.5 Å². The van der Waals surface area contributed by atoms with Crippen LogP contribution in [0.2, 0.25) is 0 Å². The summed E-state index contributed by atoms with van der Waals surface area (Å²) in [7, 11) is 1.40. The van der Waals surface area contributed by atoms with Crippen LogP contribution in [0.4, 0.5) is 18.9 Å². The predicted molar refractivity (Wildman–Crippen MR) is 93.9 cm³/mol. The Bertz CT molecular complexity index is 843. The summed E-state index contributed by atoms with van der Waals surface area (Å²) >= 11 is 0. The van der Waals surface area contributed by atoms with Gasteiger partial charge in [0.15, 0.2) is 17.5 Å². The normalized spacial score (nSPS) is 10.4. The molecule has 0 fully saturated rings. The number of ether oxygens (including phenoxy) is 1. The summed E-state index contributed by atoms with van der Waals surface area (Å²) in [5, 5.41) is 2.11. The minimum atomic E-state index is -1.68. The zero-order chi connectivity index (χ0) is 20.0. The zero-order valence-corrected chi connectivity index (χ0v) is 14.9. The Morgan fingerprint density at radius 1 is 1.11 bits per heavy atom. The van der Waals surface area contributed by atoms with Crippen molar-refractivity contribution in [2.24, 2.45) is 0 Å². The number of amides is 2. The van der Waals surface area contributed by atoms with Crippen LogP contribution in [-0.2, 0) is 9.59 Å². The summed E-state index contributed by atoms with van der Waals surface area (Å²) in [4.78, 5) is 25.1. The molecule has 0 aromatic heterocycles. The van der Waals surface area contributed by atoms with Crippen LogP contribution < -0.4 is 10.1 Å². The number of hydrogen-bond donors (Lipinski definition) is 1. The molecule has 0 aliphatic heterocycles. The van der Waals surface area contributed by atoms with Crippen molar-refractivity contribution in [3.8, 4) is 5.75 Å². The van der Waals surface area contributed by atoms with Crippen LogP contribution in [0.1, 0.15) is 12.0 Å². The lowest BCUT2D eigenvalue weighted by Gasteiger charge is -2.17. The summed E-state index contributed by atoms with van der Waals surface area (Å²) in [6, 6.07) is 8.96. The Balaban J connectivity index is 1.81. The molecule has 0 heterocycles. The van der Waals surface area contributed by atoms with Crippen molar-refractivity contribution in [2.75, 3.05) is 25.5 Å². The van der Waals surface area contributed by atoms with E-state index in [-0.39, 0.29) is 25.5 Å². The van der Waals surface area contributed by atoms with E-state index >= 15 is 0 Å². The third kappa shape index (κ3) is 5.73. The predicted octanol–water partition coefficient (Wildman–Crippen LogP) is 3.28. The lowest BCUT2D eigenvalue weighted by molar-refractivity contribution is -0.133. The van der Waals surface area contributed by atoms with E-state index in [1.807, 2.05) is 25.1 Å². The van der Waals surface area contributed by atoms with E-state index in [2.05, 4.69) is 5.32 Å². The summed E-state index contributed by atoms with van der Waals surface area (Å²) in [6.07, 6.45) is 0.0389. The van der Waals surface area contributed by atoms with Gasteiger partial charge in [-0.2, -0.15) is 0 Å². The molecular weight excluding hydrogens is 361 g/mol. The van der Waals surface area contributed by atoms with Crippen molar-refractivity contribution in [2.45, 2.75) is 13.3 Å². The van der Waals surface area contributed by atoms with Crippen LogP contribution in [0.3, 0.4) is 0 Å². The SMILES string of the molecule is Cc1cccc(OCCC(=O)N(C)CC(=O)Nc2ccc(F)c(F)c2F)c1. The van der Waals surface area contributed by atoms with Crippen molar-refractivity contribution < 1.29 is 27.5 Å². The number of aryl methyl sites for hydroxylation is 1. The summed E-state index contributed by atoms with van der Waals surface area (Å²) < 4.78 is 45.1. The minimum Gasteiger partial charge on any atom is -0.493 e. The molecule has 0 saturated carbocycles. The molecule has 5 nitrogen and oxygen atoms in total. The number of nitrogens with zero attached hydrogens (tertiary/aromatic N) is 1. The fourth-order valence-electron chi connectivity index (χ4n) is 2.27. The lowest BCUT2D eigenvalue weighted by Crippen LogP contribution is -2.35. The maximum atomic E-state index is 13.5. The first kappa shape index (κ1) is 20.3. The van der Waals surface area contributed by atoms with E-state index in [4.69, 9.17) is 4.74 Å². The number of likely N-dealkylation sites (N-methyl/N-ethyl adjacent to an activating group) is 1. The average Bonchev–Trinajstić information content (AvgIpc) is 2.62. The molecule has 2 aromatic carbocycles. The fraction of sp³-hybridized carbons (Fsp3) is 0.263. The van der Waals surface area contributed by atoms with Gasteiger partial charge in [0.1, 0.15) is 5.75 Å². The second-order valence-corrected chi connectivity index (χ2v) is 5.94. The second-order valence-electron chi connectivity index (χ2n) is 5.94. The highest BCUT2D eigenvalue weighted by molar-refractivity contribution is 5.94. The molecular formula is C19H19F3N2O3. The molecule has 0 saturated heterocycles. The van der Waals surface area contributed by atoms with Crippen LogP contribution in [0.5, 0.6) is 5.75 Å². The van der Waals surface area contributed by atoms with E-state index in [1.165, 1.54) is 7.05 Å². The first-order valence-corrected chi connectivity index (χ1v) is 8.14. The van der Waals surface area contributed by atoms with Gasteiger partial charge in [-0.3, -0.25) is 9.59 Å². The molecule has 2 rings (SSSR count). The zero-order valence-electron chi connectivity index (χ0n) is 14.9. The van der Waals surface area contributed by atoms with Gasteiger partial charge in [-0.25, -0.2) is 13.2 Å². The quantitative estimate of drug-likeness (QED) is 0.750. The summed E-state index contributed by atoms with van der Waals surface area (Å²) in [5.74, 6) is -4.99. The fourth-order valence-corrected chi connectivity index (χ4v) is 2.27. The topological polar surface area (TPSA) is 58.6 Å². The lowest BCUT2D eigenvalue weighted by atomic mass is 10.2. The molecule has 2 aromatic rings. The van der Waals surface area contributed by atoms with E-state index in [0.29, 0.717) is 11.8 Å². The Hall–Kier alpha value is -3.03. The average molecular weight is 380 g/mol. The van der Waals surface area contributed by atoms with Crippen LogP contribution >= 0.6 is 0 Å². The molecule has 0 radical (unpaired) electrons. The van der Waals surface area contributed by atoms with Gasteiger partial charge in [0, 0.05) is 7.05 Å². The number of rotatable bonds is 7. The van der Waals surface area contributed by atoms with Crippen molar-refractivity contribution in [3.63, 3.8) is 0 Å². The van der Waals surface area contributed by atoms with E-state index in [9.17, 15) is 22.8 Å². The Morgan fingerprint density at radius 3 is 2.56 bits per heavy atom. The number of nitrogens with one attached hydrogen (secondary N) is 1. The highest BCUT2D eigenvalue weighted by atomic mass is 19.2. The molecule has 0 aliphatic rings. The second kappa shape index (κ2) is 9.07. The van der Waals surface area contributed by atoms with E-state index < -0.39 is 29.0 Å². The van der Waals surface area contributed by atoms with E-state index in [0.717, 1.165) is 16.5 Å². The summed E-state index contributed by atoms with van der Waals surface area (Å²) in [6.45, 7) is 1.67. The number of anilines is 1. The molecule has 27 heavy (non-hydrogen) atoms. The van der Waals surface area contributed by atoms with Gasteiger partial charge in [-0.15, -0.1) is 0 Å². The molecule has 8 heteroatoms. The van der Waals surface area contributed by atoms with Gasteiger partial charge in [0.05, 0.1) is 25.3 Å². The molecule has 1 N–H and O–H groups in total. The third-order valence-corrected chi connectivity index (χ3v) is 3.69. The van der Waals surface area contributed by atoms with Crippen LogP contribution in [0, 0.1) is 24.4 Å². The van der Waals surface area contributed by atoms with Crippen molar-refractivity contribution in [1.82, 2.24) is 4.90 Å². The van der Waals surface area contributed by atoms with Crippen LogP contribution in [-0.4, -0.2) is 36.9 Å². The standard InChI is InChI=1S/C19H19F3N2O3/c1-12-4-3-5-13(10-12)27-9-8-17(26)24(2)11-16(25)23-15-7-6-14(20)18(21)19(15)22/h3-7,10H,8-9,11H2,1-2H3,(H,23,25). The first-order valence-electron chi connectivity index (χ1n) is 8.14. The number of carbonyl (C=O) groups excluding carboxylic acids is 2. The highest BCUT2D eigenvalue weighted by Crippen LogP contribution is 2.19. The van der Waals surface area contributed by atoms with Gasteiger partial charge in [-0.05, 0) is 36.8 Å². The molecule has 0 atom stereocenters. The van der Waals surface area contributed by atoms with Gasteiger partial charge < -0.3 is 15.0 Å². The molecule has 0 unspecified atom stereocenters. The molecule has 0 spiro atoms. The Morgan fingerprint density at radius 2 is 1.85 bits per heavy atom. The Kier molecular flexibility index (Phi) is 6.81. The van der Waals surface area contributed by atoms with Gasteiger partial charge in [0.25, 0.3) is 0 Å². The number of halogens is 3. The number of hydrogen-bond acceptors (Lipinski definition) is 3. The molecule has 0 bridgehead atoms. The van der Waals surface area contributed by atoms with Crippen LogP contribution in [0.25, 0.3) is 0 Å². The minimum absolute atomic E-state index is 0.0389. The first-order chi connectivity index (χ1) is 12.8. The monoisotopic (exact) mass is 380 g/mol. The third-order valence-electron chi connectivity index (χ3n) is 3.69. The molecule has 2 amide bonds. The van der Waals surface area contributed by atoms with Crippen molar-refractivity contribution in [3.05, 3.63) is 59.4 Å². The largest absolute Gasteiger partial charge is 0.493 e. The molecule has 0 aliphatic carbocycles. The maximum Gasteiger partial charge on any atom is 0.244 e. The van der Waals surface area contributed by atoms with Crippen molar-refractivity contribution in [1.29, 1.82) is 0 Å². The molecule has 144 valence electrons. The maximum absolute atomic E-state index is 13.5. The number of benzene rings is 2. The number of carbonyl (C=O) groups is 2. The smallest absolute Gasteiger partial charge is 0.244 e. The van der Waals surface area contributed by atoms with Gasteiger partial charge in [0.2, 0.25) is 11.8 Å². The van der Waals surface area contributed by atoms with E-state index in [1.54, 1.807) is 6.07 Å². The van der Waals surface area contributed by atoms with Gasteiger partial charge in [-0.1, -0.05) is 12.1 Å². The Labute approximate surface area is 154 Å². The van der Waals surface area contributed by atoms with Crippen LogP contribution in [0.15, 0.2) is 36.4 Å².